The molecule has 3 rings (SSSR count). The van der Waals surface area contributed by atoms with E-state index in [-0.39, 0.29) is 5.91 Å². The van der Waals surface area contributed by atoms with E-state index in [0.29, 0.717) is 6.04 Å². The van der Waals surface area contributed by atoms with Crippen LogP contribution in [0.1, 0.15) is 28.9 Å². The molecule has 1 unspecified atom stereocenters. The molecule has 5 nitrogen and oxygen atoms in total. The molecule has 1 amide bonds. The van der Waals surface area contributed by atoms with Gasteiger partial charge in [-0.3, -0.25) is 4.79 Å². The normalized spacial score (nSPS) is 18.5. The second-order valence-electron chi connectivity index (χ2n) is 5.83. The molecule has 2 aromatic rings. The highest BCUT2D eigenvalue weighted by atomic mass is 16.2. The molecule has 0 radical (unpaired) electrons. The highest BCUT2D eigenvalue weighted by Crippen LogP contribution is 2.15. The summed E-state index contributed by atoms with van der Waals surface area (Å²) in [5.74, 6) is 0.114. The highest BCUT2D eigenvalue weighted by Gasteiger charge is 2.23. The van der Waals surface area contributed by atoms with Crippen LogP contribution in [0.2, 0.25) is 0 Å². The van der Waals surface area contributed by atoms with E-state index in [2.05, 4.69) is 10.4 Å². The highest BCUT2D eigenvalue weighted by molar-refractivity contribution is 5.94. The molecule has 1 aromatic carbocycles. The summed E-state index contributed by atoms with van der Waals surface area (Å²) in [7, 11) is 1.96. The molecule has 116 valence electrons. The first-order chi connectivity index (χ1) is 10.7. The second kappa shape index (κ2) is 6.32. The van der Waals surface area contributed by atoms with E-state index >= 15 is 0 Å². The van der Waals surface area contributed by atoms with Gasteiger partial charge < -0.3 is 10.2 Å². The minimum absolute atomic E-state index is 0.114. The SMILES string of the molecule is CNC1CCCN(C(=O)c2ccc(-n3ccc(C)n3)cc2)C1. The average Bonchev–Trinajstić information content (AvgIpc) is 3.01. The summed E-state index contributed by atoms with van der Waals surface area (Å²) >= 11 is 0. The third-order valence-electron chi connectivity index (χ3n) is 4.22. The molecular weight excluding hydrogens is 276 g/mol. The van der Waals surface area contributed by atoms with Crippen molar-refractivity contribution in [1.29, 1.82) is 0 Å². The zero-order valence-electron chi connectivity index (χ0n) is 13.1. The standard InChI is InChI=1S/C17H22N4O/c1-13-9-11-21(19-13)16-7-5-14(6-8-16)17(22)20-10-3-4-15(12-20)18-2/h5-9,11,15,18H,3-4,10,12H2,1-2H3. The van der Waals surface area contributed by atoms with Gasteiger partial charge in [0.15, 0.2) is 0 Å². The lowest BCUT2D eigenvalue weighted by molar-refractivity contribution is 0.0698. The summed E-state index contributed by atoms with van der Waals surface area (Å²) in [6.07, 6.45) is 4.12. The molecule has 1 aromatic heterocycles. The Morgan fingerprint density at radius 2 is 2.05 bits per heavy atom. The van der Waals surface area contributed by atoms with Crippen molar-refractivity contribution in [2.24, 2.45) is 0 Å². The summed E-state index contributed by atoms with van der Waals surface area (Å²) in [5, 5.41) is 7.65. The molecule has 5 heteroatoms. The van der Waals surface area contributed by atoms with Gasteiger partial charge >= 0.3 is 0 Å². The van der Waals surface area contributed by atoms with Gasteiger partial charge in [0.25, 0.3) is 5.91 Å². The number of hydrogen-bond donors (Lipinski definition) is 1. The minimum atomic E-state index is 0.114. The van der Waals surface area contributed by atoms with Crippen LogP contribution in [-0.4, -0.2) is 46.8 Å². The quantitative estimate of drug-likeness (QED) is 0.943. The third-order valence-corrected chi connectivity index (χ3v) is 4.22. The summed E-state index contributed by atoms with van der Waals surface area (Å²) < 4.78 is 1.82. The van der Waals surface area contributed by atoms with Gasteiger partial charge in [-0.15, -0.1) is 0 Å². The van der Waals surface area contributed by atoms with Crippen molar-refractivity contribution in [2.75, 3.05) is 20.1 Å². The maximum absolute atomic E-state index is 12.6. The number of aryl methyl sites for hydroxylation is 1. The first-order valence-corrected chi connectivity index (χ1v) is 7.76. The molecule has 2 heterocycles. The molecule has 1 atom stereocenters. The van der Waals surface area contributed by atoms with Gasteiger partial charge in [-0.1, -0.05) is 0 Å². The van der Waals surface area contributed by atoms with Crippen molar-refractivity contribution < 1.29 is 4.79 Å². The van der Waals surface area contributed by atoms with Crippen LogP contribution in [0.15, 0.2) is 36.5 Å². The van der Waals surface area contributed by atoms with Gasteiger partial charge in [0.2, 0.25) is 0 Å². The van der Waals surface area contributed by atoms with Crippen molar-refractivity contribution in [3.63, 3.8) is 0 Å². The molecule has 0 aliphatic carbocycles. The fourth-order valence-electron chi connectivity index (χ4n) is 2.90. The zero-order valence-corrected chi connectivity index (χ0v) is 13.1. The summed E-state index contributed by atoms with van der Waals surface area (Å²) in [5.41, 5.74) is 2.69. The summed E-state index contributed by atoms with van der Waals surface area (Å²) in [4.78, 5) is 14.5. The van der Waals surface area contributed by atoms with Crippen LogP contribution in [0.5, 0.6) is 0 Å². The summed E-state index contributed by atoms with van der Waals surface area (Å²) in [6, 6.07) is 10.0. The van der Waals surface area contributed by atoms with Gasteiger partial charge in [0.05, 0.1) is 11.4 Å². The fourth-order valence-corrected chi connectivity index (χ4v) is 2.90. The molecule has 1 aliphatic heterocycles. The molecular formula is C17H22N4O. The average molecular weight is 298 g/mol. The van der Waals surface area contributed by atoms with E-state index in [1.54, 1.807) is 0 Å². The smallest absolute Gasteiger partial charge is 0.253 e. The van der Waals surface area contributed by atoms with Crippen LogP contribution in [0.25, 0.3) is 5.69 Å². The van der Waals surface area contributed by atoms with Gasteiger partial charge in [-0.2, -0.15) is 5.10 Å². The number of amides is 1. The number of carbonyl (C=O) groups excluding carboxylic acids is 1. The van der Waals surface area contributed by atoms with Crippen LogP contribution in [0, 0.1) is 6.92 Å². The monoisotopic (exact) mass is 298 g/mol. The second-order valence-corrected chi connectivity index (χ2v) is 5.83. The molecule has 1 N–H and O–H groups in total. The van der Waals surface area contributed by atoms with Crippen molar-refractivity contribution in [2.45, 2.75) is 25.8 Å². The van der Waals surface area contributed by atoms with Crippen LogP contribution < -0.4 is 5.32 Å². The van der Waals surface area contributed by atoms with Crippen LogP contribution >= 0.6 is 0 Å². The van der Waals surface area contributed by atoms with Gasteiger partial charge in [-0.25, -0.2) is 4.68 Å². The molecule has 1 aliphatic rings. The largest absolute Gasteiger partial charge is 0.337 e. The lowest BCUT2D eigenvalue weighted by Gasteiger charge is -2.32. The predicted molar refractivity (Wildman–Crippen MR) is 86.3 cm³/mol. The van der Waals surface area contributed by atoms with Crippen molar-refractivity contribution in [3.05, 3.63) is 47.8 Å². The number of carbonyl (C=O) groups is 1. The number of nitrogens with zero attached hydrogens (tertiary/aromatic N) is 3. The molecule has 22 heavy (non-hydrogen) atoms. The van der Waals surface area contributed by atoms with Crippen LogP contribution in [0.3, 0.4) is 0 Å². The Hall–Kier alpha value is -2.14. The third kappa shape index (κ3) is 3.04. The number of benzene rings is 1. The Balaban J connectivity index is 1.73. The molecule has 1 saturated heterocycles. The van der Waals surface area contributed by atoms with Gasteiger partial charge in [-0.05, 0) is 57.1 Å². The van der Waals surface area contributed by atoms with E-state index in [1.165, 1.54) is 0 Å². The first-order valence-electron chi connectivity index (χ1n) is 7.76. The molecule has 1 fully saturated rings. The first kappa shape index (κ1) is 14.8. The molecule has 0 bridgehead atoms. The van der Waals surface area contributed by atoms with Crippen LogP contribution in [-0.2, 0) is 0 Å². The Morgan fingerprint density at radius 1 is 1.27 bits per heavy atom. The number of nitrogens with one attached hydrogen (secondary N) is 1. The lowest BCUT2D eigenvalue weighted by atomic mass is 10.0. The van der Waals surface area contributed by atoms with E-state index in [9.17, 15) is 4.79 Å². The number of piperidine rings is 1. The van der Waals surface area contributed by atoms with Crippen LogP contribution in [0.4, 0.5) is 0 Å². The number of aromatic nitrogens is 2. The minimum Gasteiger partial charge on any atom is -0.337 e. The predicted octanol–water partition coefficient (Wildman–Crippen LogP) is 2.00. The zero-order chi connectivity index (χ0) is 15.5. The molecule has 0 spiro atoms. The van der Waals surface area contributed by atoms with E-state index in [1.807, 2.05) is 60.1 Å². The Kier molecular flexibility index (Phi) is 4.24. The number of hydrogen-bond acceptors (Lipinski definition) is 3. The Bertz CT molecular complexity index is 647. The van der Waals surface area contributed by atoms with Crippen molar-refractivity contribution in [3.8, 4) is 5.69 Å². The fraction of sp³-hybridized carbons (Fsp3) is 0.412. The lowest BCUT2D eigenvalue weighted by Crippen LogP contribution is -2.46. The Labute approximate surface area is 130 Å². The van der Waals surface area contributed by atoms with Gasteiger partial charge in [0.1, 0.15) is 0 Å². The van der Waals surface area contributed by atoms with E-state index < -0.39 is 0 Å². The number of likely N-dealkylation sites (N-methyl/N-ethyl adjacent to an activating group) is 1. The Morgan fingerprint density at radius 3 is 2.68 bits per heavy atom. The van der Waals surface area contributed by atoms with Crippen molar-refractivity contribution in [1.82, 2.24) is 20.0 Å². The summed E-state index contributed by atoms with van der Waals surface area (Å²) in [6.45, 7) is 3.59. The maximum Gasteiger partial charge on any atom is 0.253 e. The number of likely N-dealkylation sites (tertiary alicyclic amines) is 1. The van der Waals surface area contributed by atoms with Gasteiger partial charge in [0, 0.05) is 30.9 Å². The molecule has 0 saturated carbocycles. The van der Waals surface area contributed by atoms with Crippen molar-refractivity contribution >= 4 is 5.91 Å². The topological polar surface area (TPSA) is 50.2 Å². The van der Waals surface area contributed by atoms with E-state index in [0.717, 1.165) is 42.9 Å². The van der Waals surface area contributed by atoms with E-state index in [4.69, 9.17) is 0 Å². The number of rotatable bonds is 3. The maximum atomic E-state index is 12.6.